The summed E-state index contributed by atoms with van der Waals surface area (Å²) in [6.45, 7) is 0.822. The molecule has 3 rings (SSSR count). The molecular formula is C20H19NO3. The summed E-state index contributed by atoms with van der Waals surface area (Å²) >= 11 is 0. The van der Waals surface area contributed by atoms with Gasteiger partial charge in [-0.2, -0.15) is 0 Å². The van der Waals surface area contributed by atoms with E-state index in [-0.39, 0.29) is 5.91 Å². The molecule has 4 nitrogen and oxygen atoms in total. The van der Waals surface area contributed by atoms with E-state index in [9.17, 15) is 4.79 Å². The Morgan fingerprint density at radius 2 is 1.71 bits per heavy atom. The van der Waals surface area contributed by atoms with Crippen LogP contribution in [0.25, 0.3) is 10.8 Å². The smallest absolute Gasteiger partial charge is 0.252 e. The normalized spacial score (nSPS) is 10.4. The molecule has 24 heavy (non-hydrogen) atoms. The summed E-state index contributed by atoms with van der Waals surface area (Å²) in [5, 5.41) is 4.90. The van der Waals surface area contributed by atoms with E-state index in [1.165, 1.54) is 0 Å². The zero-order valence-electron chi connectivity index (χ0n) is 13.5. The minimum absolute atomic E-state index is 0.0963. The number of ether oxygens (including phenoxy) is 2. The number of benzene rings is 3. The largest absolute Gasteiger partial charge is 0.497 e. The Bertz CT molecular complexity index is 840. The molecule has 0 spiro atoms. The van der Waals surface area contributed by atoms with Crippen LogP contribution >= 0.6 is 0 Å². The van der Waals surface area contributed by atoms with Crippen molar-refractivity contribution in [1.82, 2.24) is 5.32 Å². The summed E-state index contributed by atoms with van der Waals surface area (Å²) in [7, 11) is 1.61. The topological polar surface area (TPSA) is 47.6 Å². The summed E-state index contributed by atoms with van der Waals surface area (Å²) in [5.41, 5.74) is 0.675. The minimum atomic E-state index is -0.0963. The second-order valence-electron chi connectivity index (χ2n) is 5.31. The fourth-order valence-electron chi connectivity index (χ4n) is 2.54. The van der Waals surface area contributed by atoms with Gasteiger partial charge in [-0.25, -0.2) is 0 Å². The fourth-order valence-corrected chi connectivity index (χ4v) is 2.54. The molecule has 0 saturated heterocycles. The molecule has 0 fully saturated rings. The van der Waals surface area contributed by atoms with Crippen LogP contribution in [0.1, 0.15) is 10.4 Å². The van der Waals surface area contributed by atoms with Crippen molar-refractivity contribution >= 4 is 16.7 Å². The Labute approximate surface area is 141 Å². The zero-order valence-corrected chi connectivity index (χ0v) is 13.5. The first-order chi connectivity index (χ1) is 11.8. The highest BCUT2D eigenvalue weighted by molar-refractivity contribution is 6.06. The van der Waals surface area contributed by atoms with Crippen LogP contribution in [0, 0.1) is 0 Å². The quantitative estimate of drug-likeness (QED) is 0.705. The molecule has 122 valence electrons. The van der Waals surface area contributed by atoms with E-state index in [1.54, 1.807) is 7.11 Å². The Kier molecular flexibility index (Phi) is 4.96. The number of rotatable bonds is 6. The molecule has 0 aliphatic rings. The van der Waals surface area contributed by atoms with Gasteiger partial charge in [0.2, 0.25) is 0 Å². The van der Waals surface area contributed by atoms with Crippen molar-refractivity contribution in [2.24, 2.45) is 0 Å². The average Bonchev–Trinajstić information content (AvgIpc) is 2.64. The lowest BCUT2D eigenvalue weighted by atomic mass is 10.0. The lowest BCUT2D eigenvalue weighted by Gasteiger charge is -2.10. The number of carbonyl (C=O) groups is 1. The molecule has 0 aromatic heterocycles. The summed E-state index contributed by atoms with van der Waals surface area (Å²) in [5.74, 6) is 1.36. The molecule has 0 radical (unpaired) electrons. The van der Waals surface area contributed by atoms with Crippen LogP contribution in [0.15, 0.2) is 66.7 Å². The SMILES string of the molecule is COc1cccc(OCCNC(=O)c2cccc3ccccc23)c1. The monoisotopic (exact) mass is 321 g/mol. The van der Waals surface area contributed by atoms with Gasteiger partial charge in [-0.15, -0.1) is 0 Å². The Morgan fingerprint density at radius 3 is 2.58 bits per heavy atom. The van der Waals surface area contributed by atoms with Crippen molar-refractivity contribution in [3.8, 4) is 11.5 Å². The van der Waals surface area contributed by atoms with Gasteiger partial charge in [0.25, 0.3) is 5.91 Å². The molecule has 0 aliphatic carbocycles. The Morgan fingerprint density at radius 1 is 0.958 bits per heavy atom. The molecule has 0 saturated carbocycles. The third-order valence-corrected chi connectivity index (χ3v) is 3.73. The van der Waals surface area contributed by atoms with Gasteiger partial charge >= 0.3 is 0 Å². The van der Waals surface area contributed by atoms with E-state index in [4.69, 9.17) is 9.47 Å². The van der Waals surface area contributed by atoms with E-state index in [0.29, 0.717) is 24.5 Å². The van der Waals surface area contributed by atoms with Crippen molar-refractivity contribution in [2.75, 3.05) is 20.3 Å². The van der Waals surface area contributed by atoms with Crippen LogP contribution in [0.3, 0.4) is 0 Å². The highest BCUT2D eigenvalue weighted by Crippen LogP contribution is 2.19. The fraction of sp³-hybridized carbons (Fsp3) is 0.150. The van der Waals surface area contributed by atoms with Gasteiger partial charge in [0.15, 0.2) is 0 Å². The van der Waals surface area contributed by atoms with Crippen LogP contribution in [-0.4, -0.2) is 26.2 Å². The van der Waals surface area contributed by atoms with E-state index in [1.807, 2.05) is 66.7 Å². The lowest BCUT2D eigenvalue weighted by Crippen LogP contribution is -2.28. The molecule has 3 aromatic rings. The first-order valence-electron chi connectivity index (χ1n) is 7.81. The van der Waals surface area contributed by atoms with Crippen molar-refractivity contribution in [1.29, 1.82) is 0 Å². The highest BCUT2D eigenvalue weighted by Gasteiger charge is 2.08. The van der Waals surface area contributed by atoms with Gasteiger partial charge in [-0.05, 0) is 29.0 Å². The minimum Gasteiger partial charge on any atom is -0.497 e. The summed E-state index contributed by atoms with van der Waals surface area (Å²) in [6.07, 6.45) is 0. The van der Waals surface area contributed by atoms with Crippen LogP contribution in [-0.2, 0) is 0 Å². The maximum Gasteiger partial charge on any atom is 0.252 e. The highest BCUT2D eigenvalue weighted by atomic mass is 16.5. The summed E-state index contributed by atoms with van der Waals surface area (Å²) < 4.78 is 10.8. The molecular weight excluding hydrogens is 302 g/mol. The molecule has 4 heteroatoms. The van der Waals surface area contributed by atoms with Gasteiger partial charge in [0.05, 0.1) is 13.7 Å². The second kappa shape index (κ2) is 7.51. The number of hydrogen-bond acceptors (Lipinski definition) is 3. The van der Waals surface area contributed by atoms with Gasteiger partial charge in [0.1, 0.15) is 18.1 Å². The first-order valence-corrected chi connectivity index (χ1v) is 7.81. The average molecular weight is 321 g/mol. The third-order valence-electron chi connectivity index (χ3n) is 3.73. The summed E-state index contributed by atoms with van der Waals surface area (Å²) in [4.78, 5) is 12.4. The molecule has 0 unspecified atom stereocenters. The van der Waals surface area contributed by atoms with Crippen LogP contribution in [0.5, 0.6) is 11.5 Å². The van der Waals surface area contributed by atoms with E-state index < -0.39 is 0 Å². The molecule has 0 aliphatic heterocycles. The standard InChI is InChI=1S/C20H19NO3/c1-23-16-8-5-9-17(14-16)24-13-12-21-20(22)19-11-4-7-15-6-2-3-10-18(15)19/h2-11,14H,12-13H2,1H3,(H,21,22). The first kappa shape index (κ1) is 15.9. The van der Waals surface area contributed by atoms with Gasteiger partial charge in [-0.1, -0.05) is 42.5 Å². The Balaban J connectivity index is 1.57. The number of amides is 1. The van der Waals surface area contributed by atoms with Crippen LogP contribution < -0.4 is 14.8 Å². The van der Waals surface area contributed by atoms with Crippen molar-refractivity contribution in [2.45, 2.75) is 0 Å². The molecule has 0 bridgehead atoms. The molecule has 3 aromatic carbocycles. The Hall–Kier alpha value is -3.01. The van der Waals surface area contributed by atoms with E-state index >= 15 is 0 Å². The second-order valence-corrected chi connectivity index (χ2v) is 5.31. The van der Waals surface area contributed by atoms with E-state index in [2.05, 4.69) is 5.32 Å². The predicted octanol–water partition coefficient (Wildman–Crippen LogP) is 3.66. The third kappa shape index (κ3) is 3.66. The number of hydrogen-bond donors (Lipinski definition) is 1. The molecule has 1 N–H and O–H groups in total. The van der Waals surface area contributed by atoms with Crippen molar-refractivity contribution < 1.29 is 14.3 Å². The van der Waals surface area contributed by atoms with Crippen LogP contribution in [0.4, 0.5) is 0 Å². The van der Waals surface area contributed by atoms with Crippen molar-refractivity contribution in [3.05, 3.63) is 72.3 Å². The zero-order chi connectivity index (χ0) is 16.8. The van der Waals surface area contributed by atoms with Gasteiger partial charge in [-0.3, -0.25) is 4.79 Å². The van der Waals surface area contributed by atoms with Crippen LogP contribution in [0.2, 0.25) is 0 Å². The molecule has 1 amide bonds. The van der Waals surface area contributed by atoms with Gasteiger partial charge < -0.3 is 14.8 Å². The number of nitrogens with one attached hydrogen (secondary N) is 1. The number of carbonyl (C=O) groups excluding carboxylic acids is 1. The number of methoxy groups -OCH3 is 1. The number of fused-ring (bicyclic) bond motifs is 1. The lowest BCUT2D eigenvalue weighted by molar-refractivity contribution is 0.0948. The maximum absolute atomic E-state index is 12.4. The van der Waals surface area contributed by atoms with Crippen molar-refractivity contribution in [3.63, 3.8) is 0 Å². The molecule has 0 atom stereocenters. The predicted molar refractivity (Wildman–Crippen MR) is 94.8 cm³/mol. The van der Waals surface area contributed by atoms with E-state index in [0.717, 1.165) is 16.5 Å². The van der Waals surface area contributed by atoms with Gasteiger partial charge in [0, 0.05) is 11.6 Å². The summed E-state index contributed by atoms with van der Waals surface area (Å²) in [6, 6.07) is 21.0. The molecule has 0 heterocycles. The maximum atomic E-state index is 12.4.